The van der Waals surface area contributed by atoms with Crippen LogP contribution in [0, 0.1) is 17.2 Å². The van der Waals surface area contributed by atoms with Crippen molar-refractivity contribution in [3.63, 3.8) is 0 Å². The smallest absolute Gasteiger partial charge is 0.377 e. The molecule has 202 valence electrons. The maximum atomic E-state index is 12.6. The quantitative estimate of drug-likeness (QED) is 0.0590. The van der Waals surface area contributed by atoms with E-state index in [0.717, 1.165) is 12.2 Å². The van der Waals surface area contributed by atoms with Gasteiger partial charge in [-0.1, -0.05) is 0 Å². The Bertz CT molecular complexity index is 855. The highest BCUT2D eigenvalue weighted by Crippen LogP contribution is 2.26. The molecule has 1 aliphatic rings. The number of nitrogens with one attached hydrogen (secondary N) is 2. The number of esters is 4. The lowest BCUT2D eigenvalue weighted by Crippen LogP contribution is -2.48. The molecule has 0 aromatic rings. The second-order valence-electron chi connectivity index (χ2n) is 7.49. The van der Waals surface area contributed by atoms with Crippen molar-refractivity contribution in [3.8, 4) is 0 Å². The van der Waals surface area contributed by atoms with Gasteiger partial charge in [0.05, 0.1) is 38.6 Å². The zero-order chi connectivity index (χ0) is 27.1. The second-order valence-corrected chi connectivity index (χ2v) is 7.49. The first kappa shape index (κ1) is 30.4. The molecular weight excluding hydrogens is 478 g/mol. The van der Waals surface area contributed by atoms with Gasteiger partial charge >= 0.3 is 23.9 Å². The minimum absolute atomic E-state index is 0.0268. The first-order chi connectivity index (χ1) is 17.2. The number of likely N-dealkylation sites (tertiary alicyclic amines) is 1. The molecule has 0 unspecified atom stereocenters. The van der Waals surface area contributed by atoms with Crippen molar-refractivity contribution in [2.24, 2.45) is 11.8 Å². The number of aliphatic hydroxyl groups excluding tert-OH is 1. The fourth-order valence-electron chi connectivity index (χ4n) is 3.34. The van der Waals surface area contributed by atoms with Crippen LogP contribution in [-0.2, 0) is 43.0 Å². The number of rotatable bonds is 13. The Morgan fingerprint density at radius 2 is 1.44 bits per heavy atom. The van der Waals surface area contributed by atoms with Crippen LogP contribution < -0.4 is 5.48 Å². The van der Waals surface area contributed by atoms with Crippen molar-refractivity contribution in [1.82, 2.24) is 10.4 Å². The van der Waals surface area contributed by atoms with Gasteiger partial charge in [-0.25, -0.2) is 24.7 Å². The van der Waals surface area contributed by atoms with Crippen LogP contribution in [0.2, 0.25) is 0 Å². The number of hydrogen-bond donors (Lipinski definition) is 3. The largest absolute Gasteiger partial charge is 0.463 e. The Balaban J connectivity index is 3.09. The third-order valence-electron chi connectivity index (χ3n) is 4.85. The van der Waals surface area contributed by atoms with Crippen molar-refractivity contribution in [2.75, 3.05) is 46.1 Å². The van der Waals surface area contributed by atoms with Gasteiger partial charge in [-0.3, -0.25) is 5.41 Å². The van der Waals surface area contributed by atoms with Crippen molar-refractivity contribution < 1.29 is 48.1 Å². The number of nitrogens with zero attached hydrogens (tertiary/aromatic N) is 1. The minimum Gasteiger partial charge on any atom is -0.463 e. The molecular formula is C23H35N3O10. The SMILES string of the molecule is CCOC(=O)/C=C(/ONC(=N)[C@H]1C[C@@H](CO)CN(/C(=C/C(=O)OCC)C(=O)OCC)C1)C(=O)OCC. The van der Waals surface area contributed by atoms with Crippen LogP contribution in [0.25, 0.3) is 0 Å². The predicted molar refractivity (Wildman–Crippen MR) is 125 cm³/mol. The highest BCUT2D eigenvalue weighted by atomic mass is 16.7. The van der Waals surface area contributed by atoms with Gasteiger partial charge < -0.3 is 33.8 Å². The monoisotopic (exact) mass is 513 g/mol. The molecule has 0 aromatic carbocycles. The third-order valence-corrected chi connectivity index (χ3v) is 4.85. The number of hydrogen-bond acceptors (Lipinski definition) is 12. The van der Waals surface area contributed by atoms with Crippen LogP contribution in [0.1, 0.15) is 34.1 Å². The predicted octanol–water partition coefficient (Wildman–Crippen LogP) is 0.435. The average molecular weight is 514 g/mol. The first-order valence-electron chi connectivity index (χ1n) is 11.7. The zero-order valence-corrected chi connectivity index (χ0v) is 21.0. The van der Waals surface area contributed by atoms with Gasteiger partial charge in [0.15, 0.2) is 0 Å². The minimum atomic E-state index is -0.939. The second kappa shape index (κ2) is 16.1. The Morgan fingerprint density at radius 3 is 2.00 bits per heavy atom. The Labute approximate surface area is 209 Å². The summed E-state index contributed by atoms with van der Waals surface area (Å²) in [7, 11) is 0. The van der Waals surface area contributed by atoms with E-state index in [1.54, 1.807) is 27.7 Å². The van der Waals surface area contributed by atoms with Crippen molar-refractivity contribution >= 4 is 29.7 Å². The number of ether oxygens (including phenoxy) is 4. The molecule has 1 aliphatic heterocycles. The standard InChI is InChI=1S/C23H35N3O10/c1-5-32-19(28)10-17(22(30)34-7-3)26-12-15(14-27)9-16(13-26)21(24)25-36-18(23(31)35-8-4)11-20(29)33-6-2/h10-11,15-16,27H,5-9,12-14H2,1-4H3,(H2,24,25)/b17-10+,18-11+/t15-,16+/m1/s1. The number of hydroxylamine groups is 1. The van der Waals surface area contributed by atoms with E-state index >= 15 is 0 Å². The normalized spacial score (nSPS) is 18.1. The molecule has 1 fully saturated rings. The van der Waals surface area contributed by atoms with Crippen molar-refractivity contribution in [2.45, 2.75) is 34.1 Å². The molecule has 0 saturated carbocycles. The van der Waals surface area contributed by atoms with Crippen molar-refractivity contribution in [1.29, 1.82) is 5.41 Å². The first-order valence-corrected chi connectivity index (χ1v) is 11.7. The highest BCUT2D eigenvalue weighted by molar-refractivity contribution is 5.96. The summed E-state index contributed by atoms with van der Waals surface area (Å²) >= 11 is 0. The molecule has 1 heterocycles. The Morgan fingerprint density at radius 1 is 0.889 bits per heavy atom. The van der Waals surface area contributed by atoms with E-state index in [2.05, 4.69) is 5.48 Å². The van der Waals surface area contributed by atoms with E-state index < -0.39 is 35.6 Å². The van der Waals surface area contributed by atoms with Gasteiger partial charge in [0.1, 0.15) is 11.5 Å². The molecule has 0 bridgehead atoms. The van der Waals surface area contributed by atoms with Crippen molar-refractivity contribution in [3.05, 3.63) is 23.6 Å². The third kappa shape index (κ3) is 9.94. The lowest BCUT2D eigenvalue weighted by atomic mass is 9.88. The Hall–Kier alpha value is -3.61. The van der Waals surface area contributed by atoms with Crippen LogP contribution in [0.4, 0.5) is 0 Å². The summed E-state index contributed by atoms with van der Waals surface area (Å²) < 4.78 is 19.6. The summed E-state index contributed by atoms with van der Waals surface area (Å²) in [5.41, 5.74) is 2.26. The molecule has 0 amide bonds. The summed E-state index contributed by atoms with van der Waals surface area (Å²) in [6, 6.07) is 0. The number of amidine groups is 1. The van der Waals surface area contributed by atoms with E-state index in [1.807, 2.05) is 0 Å². The topological polar surface area (TPSA) is 174 Å². The average Bonchev–Trinajstić information content (AvgIpc) is 2.85. The van der Waals surface area contributed by atoms with Crippen LogP contribution in [0.3, 0.4) is 0 Å². The molecule has 3 N–H and O–H groups in total. The maximum Gasteiger partial charge on any atom is 0.377 e. The molecule has 0 aliphatic carbocycles. The van der Waals surface area contributed by atoms with Gasteiger partial charge in [0.2, 0.25) is 5.76 Å². The number of aliphatic hydroxyl groups is 1. The molecule has 2 atom stereocenters. The molecule has 0 spiro atoms. The Kier molecular flexibility index (Phi) is 13.6. The van der Waals surface area contributed by atoms with Crippen LogP contribution in [-0.4, -0.2) is 85.8 Å². The molecule has 1 rings (SSSR count). The fourth-order valence-corrected chi connectivity index (χ4v) is 3.34. The summed E-state index contributed by atoms with van der Waals surface area (Å²) in [4.78, 5) is 55.2. The lowest BCUT2D eigenvalue weighted by Gasteiger charge is -2.38. The van der Waals surface area contributed by atoms with Crippen LogP contribution in [0.5, 0.6) is 0 Å². The maximum absolute atomic E-state index is 12.6. The van der Waals surface area contributed by atoms with Gasteiger partial charge in [-0.15, -0.1) is 0 Å². The van der Waals surface area contributed by atoms with E-state index in [0.29, 0.717) is 6.42 Å². The van der Waals surface area contributed by atoms with Gasteiger partial charge in [-0.2, -0.15) is 0 Å². The molecule has 0 radical (unpaired) electrons. The van der Waals surface area contributed by atoms with Gasteiger partial charge in [-0.05, 0) is 34.1 Å². The molecule has 1 saturated heterocycles. The summed E-state index contributed by atoms with van der Waals surface area (Å²) in [6.45, 7) is 6.79. The molecule has 13 heteroatoms. The molecule has 36 heavy (non-hydrogen) atoms. The number of carbonyl (C=O) groups is 4. The zero-order valence-electron chi connectivity index (χ0n) is 21.0. The van der Waals surface area contributed by atoms with E-state index in [9.17, 15) is 24.3 Å². The van der Waals surface area contributed by atoms with E-state index in [4.69, 9.17) is 29.2 Å². The van der Waals surface area contributed by atoms with Crippen LogP contribution in [0.15, 0.2) is 23.6 Å². The van der Waals surface area contributed by atoms with E-state index in [1.165, 1.54) is 4.90 Å². The van der Waals surface area contributed by atoms with Gasteiger partial charge in [0, 0.05) is 31.5 Å². The summed E-state index contributed by atoms with van der Waals surface area (Å²) in [5, 5.41) is 18.2. The molecule has 13 nitrogen and oxygen atoms in total. The lowest BCUT2D eigenvalue weighted by molar-refractivity contribution is -0.145. The van der Waals surface area contributed by atoms with E-state index in [-0.39, 0.29) is 63.6 Å². The summed E-state index contributed by atoms with van der Waals surface area (Å²) in [6.07, 6.45) is 2.16. The van der Waals surface area contributed by atoms with Gasteiger partial charge in [0.25, 0.3) is 0 Å². The fraction of sp³-hybridized carbons (Fsp3) is 0.609. The van der Waals surface area contributed by atoms with Crippen LogP contribution >= 0.6 is 0 Å². The number of carbonyl (C=O) groups excluding carboxylic acids is 4. The number of piperidine rings is 1. The highest BCUT2D eigenvalue weighted by Gasteiger charge is 2.34. The summed E-state index contributed by atoms with van der Waals surface area (Å²) in [5.74, 6) is -4.93. The molecule has 0 aromatic heterocycles.